The van der Waals surface area contributed by atoms with E-state index in [0.29, 0.717) is 40.4 Å². The van der Waals surface area contributed by atoms with E-state index in [9.17, 15) is 29.2 Å². The van der Waals surface area contributed by atoms with Crippen LogP contribution in [-0.4, -0.2) is 105 Å². The minimum Gasteiger partial charge on any atom is -0.490 e. The highest BCUT2D eigenvalue weighted by atomic mass is 16.5. The van der Waals surface area contributed by atoms with Gasteiger partial charge in [0.15, 0.2) is 0 Å². The maximum atomic E-state index is 13.3. The number of carbonyl (C=O) groups excluding carboxylic acids is 5. The monoisotopic (exact) mass is 852 g/mol. The Morgan fingerprint density at radius 3 is 2.40 bits per heavy atom. The van der Waals surface area contributed by atoms with E-state index in [1.54, 1.807) is 36.7 Å². The van der Waals surface area contributed by atoms with Crippen molar-refractivity contribution in [2.45, 2.75) is 114 Å². The molecule has 4 fully saturated rings. The van der Waals surface area contributed by atoms with Crippen LogP contribution in [0.25, 0.3) is 10.9 Å². The number of ether oxygens (including phenoxy) is 2. The summed E-state index contributed by atoms with van der Waals surface area (Å²) in [5, 5.41) is 15.7. The number of piperidine rings is 2. The summed E-state index contributed by atoms with van der Waals surface area (Å²) < 4.78 is 12.7. The van der Waals surface area contributed by atoms with Gasteiger partial charge >= 0.3 is 0 Å². The SMILES string of the molecule is CC(C)N(CC1CCN(c2ccc(C(=O)NC3CCC(Oc4ccc(C#N)c5ncccc45)CC3)cn2)CC1)C1CC(Oc2ccc3c(c2)C(=O)N(C2CCC(=O)NC2=O)C3=O)C1. The van der Waals surface area contributed by atoms with E-state index in [2.05, 4.69) is 45.3 Å². The van der Waals surface area contributed by atoms with Gasteiger partial charge in [-0.2, -0.15) is 5.26 Å². The average molecular weight is 853 g/mol. The van der Waals surface area contributed by atoms with Gasteiger partial charge < -0.3 is 19.7 Å². The molecule has 326 valence electrons. The number of aromatic nitrogens is 2. The molecule has 1 atom stereocenters. The van der Waals surface area contributed by atoms with Crippen molar-refractivity contribution in [2.24, 2.45) is 5.92 Å². The Hall–Kier alpha value is -6.40. The highest BCUT2D eigenvalue weighted by molar-refractivity contribution is 6.23. The van der Waals surface area contributed by atoms with Crippen LogP contribution in [0.3, 0.4) is 0 Å². The molecular weight excluding hydrogens is 801 g/mol. The summed E-state index contributed by atoms with van der Waals surface area (Å²) in [7, 11) is 0. The zero-order valence-corrected chi connectivity index (χ0v) is 35.6. The Kier molecular flexibility index (Phi) is 11.8. The molecule has 0 bridgehead atoms. The minimum absolute atomic E-state index is 0.0130. The first-order valence-corrected chi connectivity index (χ1v) is 22.3. The summed E-state index contributed by atoms with van der Waals surface area (Å²) in [5.74, 6) is 0.459. The van der Waals surface area contributed by atoms with Gasteiger partial charge in [-0.3, -0.25) is 44.1 Å². The number of amides is 5. The number of anilines is 1. The number of hydrogen-bond donors (Lipinski definition) is 2. The molecule has 2 saturated heterocycles. The predicted molar refractivity (Wildman–Crippen MR) is 232 cm³/mol. The molecular formula is C48H52N8O7. The van der Waals surface area contributed by atoms with Crippen molar-refractivity contribution in [1.29, 1.82) is 5.26 Å². The van der Waals surface area contributed by atoms with Gasteiger partial charge in [0, 0.05) is 74.8 Å². The normalized spacial score (nSPS) is 24.0. The van der Waals surface area contributed by atoms with Crippen LogP contribution >= 0.6 is 0 Å². The summed E-state index contributed by atoms with van der Waals surface area (Å²) >= 11 is 0. The van der Waals surface area contributed by atoms with Crippen molar-refractivity contribution in [1.82, 2.24) is 30.4 Å². The molecule has 5 heterocycles. The van der Waals surface area contributed by atoms with E-state index < -0.39 is 29.7 Å². The van der Waals surface area contributed by atoms with E-state index in [0.717, 1.165) is 92.9 Å². The van der Waals surface area contributed by atoms with Crippen molar-refractivity contribution < 1.29 is 33.4 Å². The standard InChI is InChI=1S/C48H52N8O7/c1-28(2)55(33-22-36(23-33)62-35-11-12-37-39(24-35)48(61)56(47(37)60)40-13-16-43(57)53-46(40)59)27-29-17-20-54(21-18-29)42-15-6-31(26-51-42)45(58)52-32-7-9-34(10-8-32)63-41-14-5-30(25-49)44-38(41)4-3-19-50-44/h3-6,11-12,14-15,19,24,26,28-29,32-34,36,40H,7-10,13,16-18,20-23,27H2,1-2H3,(H,52,58)(H,53,57,59). The highest BCUT2D eigenvalue weighted by Crippen LogP contribution is 2.36. The van der Waals surface area contributed by atoms with Crippen LogP contribution in [0, 0.1) is 17.2 Å². The van der Waals surface area contributed by atoms with Crippen LogP contribution in [0.2, 0.25) is 0 Å². The van der Waals surface area contributed by atoms with Gasteiger partial charge in [0.1, 0.15) is 35.5 Å². The molecule has 5 amide bonds. The predicted octanol–water partition coefficient (Wildman–Crippen LogP) is 5.56. The Morgan fingerprint density at radius 2 is 1.68 bits per heavy atom. The van der Waals surface area contributed by atoms with Gasteiger partial charge in [0.05, 0.1) is 33.9 Å². The summed E-state index contributed by atoms with van der Waals surface area (Å²) in [6, 6.07) is 18.1. The van der Waals surface area contributed by atoms with Crippen molar-refractivity contribution >= 4 is 46.3 Å². The molecule has 2 saturated carbocycles. The van der Waals surface area contributed by atoms with E-state index in [-0.39, 0.29) is 48.1 Å². The van der Waals surface area contributed by atoms with Crippen LogP contribution < -0.4 is 25.0 Å². The molecule has 2 N–H and O–H groups in total. The molecule has 15 nitrogen and oxygen atoms in total. The first kappa shape index (κ1) is 41.9. The fourth-order valence-corrected chi connectivity index (χ4v) is 9.87. The first-order valence-electron chi connectivity index (χ1n) is 22.3. The number of hydrogen-bond acceptors (Lipinski definition) is 12. The largest absolute Gasteiger partial charge is 0.490 e. The molecule has 1 unspecified atom stereocenters. The highest BCUT2D eigenvalue weighted by Gasteiger charge is 2.45. The summed E-state index contributed by atoms with van der Waals surface area (Å²) in [6.07, 6.45) is 10.6. The lowest BCUT2D eigenvalue weighted by molar-refractivity contribution is -0.136. The number of fused-ring (bicyclic) bond motifs is 2. The van der Waals surface area contributed by atoms with Crippen molar-refractivity contribution in [3.63, 3.8) is 0 Å². The van der Waals surface area contributed by atoms with E-state index in [1.807, 2.05) is 30.3 Å². The number of benzene rings is 2. The van der Waals surface area contributed by atoms with Gasteiger partial charge in [0.25, 0.3) is 17.7 Å². The molecule has 0 spiro atoms. The maximum Gasteiger partial charge on any atom is 0.262 e. The molecule has 2 aromatic heterocycles. The van der Waals surface area contributed by atoms with E-state index in [1.165, 1.54) is 0 Å². The molecule has 9 rings (SSSR count). The van der Waals surface area contributed by atoms with E-state index in [4.69, 9.17) is 14.5 Å². The van der Waals surface area contributed by atoms with Crippen LogP contribution in [-0.2, 0) is 9.59 Å². The van der Waals surface area contributed by atoms with Gasteiger partial charge in [-0.1, -0.05) is 0 Å². The fourth-order valence-electron chi connectivity index (χ4n) is 9.87. The lowest BCUT2D eigenvalue weighted by Crippen LogP contribution is -2.54. The number of nitrogens with one attached hydrogen (secondary N) is 2. The third-order valence-electron chi connectivity index (χ3n) is 13.5. The average Bonchev–Trinajstić information content (AvgIpc) is 3.52. The molecule has 4 aromatic rings. The lowest BCUT2D eigenvalue weighted by atomic mass is 9.85. The van der Waals surface area contributed by atoms with Crippen molar-refractivity contribution in [2.75, 3.05) is 24.5 Å². The molecule has 3 aliphatic heterocycles. The number of nitriles is 1. The Bertz CT molecular complexity index is 2460. The molecule has 2 aliphatic carbocycles. The van der Waals surface area contributed by atoms with Gasteiger partial charge in [0.2, 0.25) is 11.8 Å². The second-order valence-electron chi connectivity index (χ2n) is 17.8. The van der Waals surface area contributed by atoms with E-state index >= 15 is 0 Å². The van der Waals surface area contributed by atoms with Crippen LogP contribution in [0.4, 0.5) is 5.82 Å². The Labute approximate surface area is 366 Å². The first-order chi connectivity index (χ1) is 30.5. The molecule has 63 heavy (non-hydrogen) atoms. The number of imide groups is 2. The second kappa shape index (κ2) is 17.8. The minimum atomic E-state index is -1.00. The number of pyridine rings is 2. The smallest absolute Gasteiger partial charge is 0.262 e. The summed E-state index contributed by atoms with van der Waals surface area (Å²) in [6.45, 7) is 7.26. The number of nitrogens with zero attached hydrogens (tertiary/aromatic N) is 6. The van der Waals surface area contributed by atoms with Gasteiger partial charge in [-0.15, -0.1) is 0 Å². The molecule has 15 heteroatoms. The van der Waals surface area contributed by atoms with Gasteiger partial charge in [-0.25, -0.2) is 4.98 Å². The number of rotatable bonds is 12. The molecule has 0 radical (unpaired) electrons. The van der Waals surface area contributed by atoms with Crippen LogP contribution in [0.5, 0.6) is 11.5 Å². The summed E-state index contributed by atoms with van der Waals surface area (Å²) in [5.41, 5.74) is 2.18. The molecule has 5 aliphatic rings. The zero-order valence-electron chi connectivity index (χ0n) is 35.6. The maximum absolute atomic E-state index is 13.3. The van der Waals surface area contributed by atoms with Crippen LogP contribution in [0.15, 0.2) is 67.0 Å². The van der Waals surface area contributed by atoms with Crippen molar-refractivity contribution in [3.05, 3.63) is 89.2 Å². The van der Waals surface area contributed by atoms with Crippen LogP contribution in [0.1, 0.15) is 115 Å². The molecule has 2 aromatic carbocycles. The van der Waals surface area contributed by atoms with Gasteiger partial charge in [-0.05, 0) is 119 Å². The number of carbonyl (C=O) groups is 5. The topological polar surface area (TPSA) is 187 Å². The third kappa shape index (κ3) is 8.69. The Balaban J connectivity index is 0.706. The van der Waals surface area contributed by atoms with Crippen molar-refractivity contribution in [3.8, 4) is 17.6 Å². The third-order valence-corrected chi connectivity index (χ3v) is 13.5. The quantitative estimate of drug-likeness (QED) is 0.169. The second-order valence-corrected chi connectivity index (χ2v) is 17.8. The lowest BCUT2D eigenvalue weighted by Gasteiger charge is -2.46. The fraction of sp³-hybridized carbons (Fsp3) is 0.458. The zero-order chi connectivity index (χ0) is 43.8. The Morgan fingerprint density at radius 1 is 0.905 bits per heavy atom. The summed E-state index contributed by atoms with van der Waals surface area (Å²) in [4.78, 5) is 78.6.